The number of aliphatic imine (C=N–C) groups is 1. The lowest BCUT2D eigenvalue weighted by atomic mass is 10.2. The molecule has 8 heteroatoms. The Morgan fingerprint density at radius 1 is 1.54 bits per heavy atom. The van der Waals surface area contributed by atoms with Crippen LogP contribution in [0.3, 0.4) is 0 Å². The number of hydrogen-bond donors (Lipinski definition) is 1. The SMILES string of the molecule is Cc1cc(CSC2=NC=C=C(OC3CCCCO3)C(=O)N2)n(C)n1. The number of amides is 1. The molecule has 1 aromatic rings. The predicted molar refractivity (Wildman–Crippen MR) is 91.1 cm³/mol. The van der Waals surface area contributed by atoms with E-state index in [1.165, 1.54) is 18.0 Å². The molecule has 128 valence electrons. The molecule has 0 bridgehead atoms. The standard InChI is InChI=1S/C16H20N4O3S/c1-11-9-12(20(2)19-11)10-24-16-17-7-6-13(15(21)18-16)23-14-5-3-4-8-22-14/h7,9,14H,3-5,8,10H2,1-2H3,(H,17,18,21). The van der Waals surface area contributed by atoms with Crippen molar-refractivity contribution in [3.8, 4) is 0 Å². The zero-order chi connectivity index (χ0) is 16.9. The Bertz CT molecular complexity index is 713. The molecule has 1 unspecified atom stereocenters. The van der Waals surface area contributed by atoms with E-state index in [9.17, 15) is 4.79 Å². The van der Waals surface area contributed by atoms with Gasteiger partial charge in [0.2, 0.25) is 12.0 Å². The summed E-state index contributed by atoms with van der Waals surface area (Å²) in [5, 5.41) is 7.56. The number of thioether (sulfide) groups is 1. The van der Waals surface area contributed by atoms with E-state index in [-0.39, 0.29) is 18.0 Å². The summed E-state index contributed by atoms with van der Waals surface area (Å²) in [6.07, 6.45) is 3.91. The second-order valence-electron chi connectivity index (χ2n) is 5.59. The Hall–Kier alpha value is -2.02. The molecule has 0 radical (unpaired) electrons. The number of hydrogen-bond acceptors (Lipinski definition) is 6. The Morgan fingerprint density at radius 3 is 3.12 bits per heavy atom. The number of carbonyl (C=O) groups excluding carboxylic acids is 1. The smallest absolute Gasteiger partial charge is 0.300 e. The van der Waals surface area contributed by atoms with E-state index in [1.807, 2.05) is 24.7 Å². The van der Waals surface area contributed by atoms with Crippen LogP contribution >= 0.6 is 11.8 Å². The van der Waals surface area contributed by atoms with Crippen molar-refractivity contribution in [2.75, 3.05) is 6.61 Å². The summed E-state index contributed by atoms with van der Waals surface area (Å²) < 4.78 is 12.9. The molecule has 0 aliphatic carbocycles. The number of nitrogens with one attached hydrogen (secondary N) is 1. The van der Waals surface area contributed by atoms with Gasteiger partial charge in [-0.3, -0.25) is 14.8 Å². The molecular formula is C16H20N4O3S. The Morgan fingerprint density at radius 2 is 2.42 bits per heavy atom. The van der Waals surface area contributed by atoms with Crippen LogP contribution in [0, 0.1) is 6.92 Å². The van der Waals surface area contributed by atoms with Crippen molar-refractivity contribution in [3.05, 3.63) is 35.1 Å². The van der Waals surface area contributed by atoms with E-state index in [0.717, 1.165) is 30.7 Å². The third-order valence-corrected chi connectivity index (χ3v) is 4.57. The van der Waals surface area contributed by atoms with Crippen LogP contribution in [0.25, 0.3) is 0 Å². The van der Waals surface area contributed by atoms with E-state index >= 15 is 0 Å². The molecule has 1 saturated heterocycles. The summed E-state index contributed by atoms with van der Waals surface area (Å²) in [5.74, 6) is 0.412. The number of carbonyl (C=O) groups is 1. The fourth-order valence-electron chi connectivity index (χ4n) is 2.44. The lowest BCUT2D eigenvalue weighted by molar-refractivity contribution is -0.149. The van der Waals surface area contributed by atoms with Crippen molar-refractivity contribution in [1.29, 1.82) is 0 Å². The molecule has 0 saturated carbocycles. The minimum Gasteiger partial charge on any atom is -0.452 e. The molecule has 1 amide bonds. The van der Waals surface area contributed by atoms with Crippen molar-refractivity contribution in [1.82, 2.24) is 15.1 Å². The predicted octanol–water partition coefficient (Wildman–Crippen LogP) is 1.99. The highest BCUT2D eigenvalue weighted by atomic mass is 32.2. The summed E-state index contributed by atoms with van der Waals surface area (Å²) in [6, 6.07) is 2.01. The summed E-state index contributed by atoms with van der Waals surface area (Å²) in [5.41, 5.74) is 4.80. The fraction of sp³-hybridized carbons (Fsp3) is 0.500. The van der Waals surface area contributed by atoms with Gasteiger partial charge in [0.05, 0.1) is 18.5 Å². The lowest BCUT2D eigenvalue weighted by Crippen LogP contribution is -2.32. The van der Waals surface area contributed by atoms with Crippen molar-refractivity contribution in [2.24, 2.45) is 12.0 Å². The van der Waals surface area contributed by atoms with Crippen LogP contribution < -0.4 is 5.32 Å². The molecule has 3 heterocycles. The Kier molecular flexibility index (Phi) is 5.40. The number of amidine groups is 1. The molecule has 1 fully saturated rings. The van der Waals surface area contributed by atoms with Gasteiger partial charge in [-0.15, -0.1) is 0 Å². The van der Waals surface area contributed by atoms with Crippen molar-refractivity contribution in [2.45, 2.75) is 38.2 Å². The minimum absolute atomic E-state index is 0.109. The van der Waals surface area contributed by atoms with Gasteiger partial charge in [0.25, 0.3) is 0 Å². The first kappa shape index (κ1) is 16.8. The van der Waals surface area contributed by atoms with Crippen molar-refractivity contribution in [3.63, 3.8) is 0 Å². The largest absolute Gasteiger partial charge is 0.452 e. The van der Waals surface area contributed by atoms with Gasteiger partial charge in [0.15, 0.2) is 5.17 Å². The summed E-state index contributed by atoms with van der Waals surface area (Å²) in [4.78, 5) is 16.5. The number of rotatable bonds is 4. The Labute approximate surface area is 144 Å². The molecule has 1 atom stereocenters. The average molecular weight is 348 g/mol. The van der Waals surface area contributed by atoms with Gasteiger partial charge in [0.1, 0.15) is 0 Å². The monoisotopic (exact) mass is 348 g/mol. The van der Waals surface area contributed by atoms with E-state index in [0.29, 0.717) is 17.5 Å². The summed E-state index contributed by atoms with van der Waals surface area (Å²) >= 11 is 1.43. The van der Waals surface area contributed by atoms with Gasteiger partial charge in [-0.25, -0.2) is 4.99 Å². The molecule has 0 aromatic carbocycles. The zero-order valence-corrected chi connectivity index (χ0v) is 14.6. The van der Waals surface area contributed by atoms with Crippen LogP contribution in [-0.4, -0.2) is 33.8 Å². The molecule has 3 rings (SSSR count). The maximum atomic E-state index is 12.3. The third kappa shape index (κ3) is 4.29. The topological polar surface area (TPSA) is 77.7 Å². The quantitative estimate of drug-likeness (QED) is 0.842. The second-order valence-corrected chi connectivity index (χ2v) is 6.56. The van der Waals surface area contributed by atoms with Crippen LogP contribution in [-0.2, 0) is 27.1 Å². The van der Waals surface area contributed by atoms with E-state index in [1.54, 1.807) is 0 Å². The second kappa shape index (κ2) is 7.70. The van der Waals surface area contributed by atoms with Gasteiger partial charge in [0, 0.05) is 24.9 Å². The van der Waals surface area contributed by atoms with Gasteiger partial charge < -0.3 is 9.47 Å². The highest BCUT2D eigenvalue weighted by molar-refractivity contribution is 8.13. The minimum atomic E-state index is -0.382. The number of ether oxygens (including phenoxy) is 2. The number of aryl methyl sites for hydroxylation is 2. The molecule has 24 heavy (non-hydrogen) atoms. The number of aromatic nitrogens is 2. The summed E-state index contributed by atoms with van der Waals surface area (Å²) in [6.45, 7) is 2.60. The van der Waals surface area contributed by atoms with Gasteiger partial charge >= 0.3 is 5.91 Å². The normalized spacial score (nSPS) is 20.9. The molecule has 0 spiro atoms. The van der Waals surface area contributed by atoms with Gasteiger partial charge in [-0.2, -0.15) is 5.10 Å². The zero-order valence-electron chi connectivity index (χ0n) is 13.7. The maximum Gasteiger partial charge on any atom is 0.300 e. The number of nitrogens with zero attached hydrogens (tertiary/aromatic N) is 3. The first-order valence-corrected chi connectivity index (χ1v) is 8.85. The van der Waals surface area contributed by atoms with Gasteiger partial charge in [-0.1, -0.05) is 11.8 Å². The molecule has 2 aliphatic heterocycles. The molecule has 1 N–H and O–H groups in total. The maximum absolute atomic E-state index is 12.3. The van der Waals surface area contributed by atoms with Crippen LogP contribution in [0.1, 0.15) is 30.7 Å². The molecule has 2 aliphatic rings. The Balaban J connectivity index is 1.60. The van der Waals surface area contributed by atoms with Crippen LogP contribution in [0.15, 0.2) is 28.7 Å². The third-order valence-electron chi connectivity index (χ3n) is 3.65. The molecular weight excluding hydrogens is 328 g/mol. The van der Waals surface area contributed by atoms with Gasteiger partial charge in [-0.05, 0) is 31.6 Å². The van der Waals surface area contributed by atoms with Crippen molar-refractivity contribution < 1.29 is 14.3 Å². The fourth-order valence-corrected chi connectivity index (χ4v) is 3.29. The van der Waals surface area contributed by atoms with E-state index < -0.39 is 0 Å². The van der Waals surface area contributed by atoms with Crippen LogP contribution in [0.2, 0.25) is 0 Å². The molecule has 1 aromatic heterocycles. The lowest BCUT2D eigenvalue weighted by Gasteiger charge is -2.23. The van der Waals surface area contributed by atoms with E-state index in [2.05, 4.69) is 21.1 Å². The van der Waals surface area contributed by atoms with E-state index in [4.69, 9.17) is 9.47 Å². The van der Waals surface area contributed by atoms with Crippen LogP contribution in [0.5, 0.6) is 0 Å². The highest BCUT2D eigenvalue weighted by Crippen LogP contribution is 2.18. The first-order valence-electron chi connectivity index (χ1n) is 7.87. The highest BCUT2D eigenvalue weighted by Gasteiger charge is 2.22. The first-order chi connectivity index (χ1) is 11.6. The summed E-state index contributed by atoms with van der Waals surface area (Å²) in [7, 11) is 1.90. The van der Waals surface area contributed by atoms with Crippen molar-refractivity contribution >= 4 is 22.8 Å². The molecule has 7 nitrogen and oxygen atoms in total. The average Bonchev–Trinajstić information content (AvgIpc) is 2.78. The van der Waals surface area contributed by atoms with Crippen LogP contribution in [0.4, 0.5) is 0 Å².